The maximum Gasteiger partial charge on any atom is 0.416 e. The molecule has 1 amide bonds. The summed E-state index contributed by atoms with van der Waals surface area (Å²) < 4.78 is 81.5. The Labute approximate surface area is 313 Å². The molecule has 6 rings (SSSR count). The average molecular weight is 777 g/mol. The van der Waals surface area contributed by atoms with Crippen LogP contribution in [0.15, 0.2) is 111 Å². The largest absolute Gasteiger partial charge is 0.744 e. The van der Waals surface area contributed by atoms with Gasteiger partial charge < -0.3 is 18.8 Å². The zero-order valence-corrected chi connectivity index (χ0v) is 31.0. The number of oxazole rings is 1. The summed E-state index contributed by atoms with van der Waals surface area (Å²) in [6, 6.07) is 20.0. The van der Waals surface area contributed by atoms with Crippen molar-refractivity contribution < 1.29 is 39.8 Å². The number of nitrogens with zero attached hydrogens (tertiary/aromatic N) is 7. The lowest BCUT2D eigenvalue weighted by Gasteiger charge is -2.21. The van der Waals surface area contributed by atoms with Crippen LogP contribution in [0.4, 0.5) is 18.0 Å². The lowest BCUT2D eigenvalue weighted by Crippen LogP contribution is -2.38. The number of carbonyl (C=O) groups is 1. The van der Waals surface area contributed by atoms with Crippen molar-refractivity contribution in [3.05, 3.63) is 136 Å². The molecule has 55 heavy (non-hydrogen) atoms. The minimum Gasteiger partial charge on any atom is -0.744 e. The molecule has 3 aromatic carbocycles. The molecule has 0 aliphatic carbocycles. The molecule has 0 saturated heterocycles. The van der Waals surface area contributed by atoms with Crippen molar-refractivity contribution in [3.8, 4) is 28.8 Å². The van der Waals surface area contributed by atoms with Crippen molar-refractivity contribution in [2.45, 2.75) is 37.5 Å². The number of nitrogens with one attached hydrogen (secondary N) is 1. The van der Waals surface area contributed by atoms with Gasteiger partial charge in [0.1, 0.15) is 28.4 Å². The molecule has 6 aromatic rings. The van der Waals surface area contributed by atoms with E-state index in [1.807, 2.05) is 27.2 Å². The molecular weight excluding hydrogens is 742 g/mol. The van der Waals surface area contributed by atoms with Crippen LogP contribution in [0, 0.1) is 18.3 Å². The summed E-state index contributed by atoms with van der Waals surface area (Å²) in [4.78, 5) is 32.0. The number of benzene rings is 3. The fourth-order valence-electron chi connectivity index (χ4n) is 5.55. The number of rotatable bonds is 8. The first-order chi connectivity index (χ1) is 25.8. The van der Waals surface area contributed by atoms with Crippen molar-refractivity contribution in [1.29, 1.82) is 5.26 Å². The normalized spacial score (nSPS) is 12.4. The molecule has 286 valence electrons. The van der Waals surface area contributed by atoms with Crippen LogP contribution < -0.4 is 11.0 Å². The van der Waals surface area contributed by atoms with Gasteiger partial charge in [0.2, 0.25) is 5.89 Å². The molecule has 1 atom stereocenters. The highest BCUT2D eigenvalue weighted by Gasteiger charge is 2.32. The Bertz CT molecular complexity index is 2530. The van der Waals surface area contributed by atoms with Crippen LogP contribution >= 0.6 is 0 Å². The van der Waals surface area contributed by atoms with Gasteiger partial charge in [0, 0.05) is 0 Å². The van der Waals surface area contributed by atoms with Gasteiger partial charge in [-0.05, 0) is 74.5 Å². The van der Waals surface area contributed by atoms with Crippen molar-refractivity contribution in [2.75, 3.05) is 21.1 Å². The second-order valence-corrected chi connectivity index (χ2v) is 14.7. The Morgan fingerprint density at radius 2 is 1.69 bits per heavy atom. The maximum absolute atomic E-state index is 14.0. The van der Waals surface area contributed by atoms with Crippen molar-refractivity contribution in [2.24, 2.45) is 0 Å². The predicted molar refractivity (Wildman–Crippen MR) is 192 cm³/mol. The van der Waals surface area contributed by atoms with Crippen molar-refractivity contribution in [1.82, 2.24) is 29.2 Å². The summed E-state index contributed by atoms with van der Waals surface area (Å²) in [6.45, 7) is 3.73. The average Bonchev–Trinajstić information content (AvgIpc) is 3.85. The molecule has 3 aromatic heterocycles. The minimum atomic E-state index is -4.65. The standard InChI is InChI=1S/C31H29F3N8O3.C6H6O3S/c1-19(28-36-17-25(45-28)18-42(3,4)5)38-29(43)40-27(26-13-14-37-41(26)23-11-9-21(16-35)10-12-23)20(2)39(30(40)44)24-8-6-7-22(15-24)31(32,33)34;7-10(8,9)6-4-2-1-3-5-6/h6-15,17,19H,18H2,1-5H3;1-5H,(H,7,8,9)/t19-;/m0./s1. The molecule has 0 bridgehead atoms. The third kappa shape index (κ3) is 9.27. The molecule has 0 radical (unpaired) electrons. The number of quaternary nitrogens is 1. The molecular formula is C37H35F3N8O6S. The summed E-state index contributed by atoms with van der Waals surface area (Å²) in [5.74, 6) is 0.826. The van der Waals surface area contributed by atoms with E-state index >= 15 is 0 Å². The van der Waals surface area contributed by atoms with E-state index in [-0.39, 0.29) is 27.9 Å². The molecule has 0 spiro atoms. The third-order valence-corrected chi connectivity index (χ3v) is 8.84. The summed E-state index contributed by atoms with van der Waals surface area (Å²) >= 11 is 0. The molecule has 18 heteroatoms. The SMILES string of the molecule is Cc1c(-c2ccnn2-c2ccc(C#N)cc2)n(C(=O)N[C@@H](C)c2ncc(C[N+](C)(C)C)o2)c(=O)n1-c1cccc(C(F)(F)F)c1.O=S(=O)([O-])c1ccccc1. The number of amides is 1. The molecule has 1 N–H and O–H groups in total. The van der Waals surface area contributed by atoms with E-state index in [0.29, 0.717) is 33.7 Å². The van der Waals surface area contributed by atoms with Crippen LogP contribution in [0.1, 0.15) is 41.4 Å². The van der Waals surface area contributed by atoms with Crippen LogP contribution in [0.3, 0.4) is 0 Å². The zero-order valence-electron chi connectivity index (χ0n) is 30.1. The van der Waals surface area contributed by atoms with Gasteiger partial charge in [-0.3, -0.25) is 4.57 Å². The van der Waals surface area contributed by atoms with Gasteiger partial charge in [0.15, 0.2) is 5.76 Å². The second kappa shape index (κ2) is 15.6. The van der Waals surface area contributed by atoms with E-state index in [4.69, 9.17) is 4.42 Å². The van der Waals surface area contributed by atoms with E-state index in [2.05, 4.69) is 15.4 Å². The van der Waals surface area contributed by atoms with Crippen LogP contribution in [0.5, 0.6) is 0 Å². The molecule has 0 fully saturated rings. The van der Waals surface area contributed by atoms with Crippen LogP contribution in [-0.2, 0) is 22.8 Å². The van der Waals surface area contributed by atoms with Gasteiger partial charge in [-0.2, -0.15) is 23.5 Å². The second-order valence-electron chi connectivity index (χ2n) is 13.3. The molecule has 0 saturated carbocycles. The number of hydrogen-bond acceptors (Lipinski definition) is 9. The first kappa shape index (κ1) is 39.9. The van der Waals surface area contributed by atoms with Gasteiger partial charge in [0.05, 0.1) is 78.4 Å². The summed E-state index contributed by atoms with van der Waals surface area (Å²) in [7, 11) is 1.71. The topological polar surface area (TPSA) is 181 Å². The summed E-state index contributed by atoms with van der Waals surface area (Å²) in [5, 5.41) is 16.3. The fourth-order valence-corrected chi connectivity index (χ4v) is 6.04. The number of imidazole rings is 1. The quantitative estimate of drug-likeness (QED) is 0.148. The lowest BCUT2D eigenvalue weighted by molar-refractivity contribution is -0.884. The smallest absolute Gasteiger partial charge is 0.416 e. The van der Waals surface area contributed by atoms with Gasteiger partial charge in [-0.1, -0.05) is 24.3 Å². The predicted octanol–water partition coefficient (Wildman–Crippen LogP) is 5.79. The Morgan fingerprint density at radius 1 is 1.02 bits per heavy atom. The van der Waals surface area contributed by atoms with E-state index in [0.717, 1.165) is 21.3 Å². The van der Waals surface area contributed by atoms with Crippen molar-refractivity contribution >= 4 is 16.1 Å². The highest BCUT2D eigenvalue weighted by atomic mass is 32.2. The van der Waals surface area contributed by atoms with Gasteiger partial charge >= 0.3 is 17.9 Å². The molecule has 0 unspecified atom stereocenters. The number of halogens is 3. The first-order valence-corrected chi connectivity index (χ1v) is 17.8. The maximum atomic E-state index is 14.0. The van der Waals surface area contributed by atoms with Gasteiger partial charge in [-0.15, -0.1) is 0 Å². The van der Waals surface area contributed by atoms with E-state index < -0.39 is 39.6 Å². The number of nitriles is 1. The molecule has 14 nitrogen and oxygen atoms in total. The molecule has 3 heterocycles. The van der Waals surface area contributed by atoms with Crippen molar-refractivity contribution in [3.63, 3.8) is 0 Å². The Kier molecular flexibility index (Phi) is 11.3. The van der Waals surface area contributed by atoms with Crippen LogP contribution in [-0.4, -0.2) is 68.5 Å². The zero-order chi connectivity index (χ0) is 40.3. The van der Waals surface area contributed by atoms with Gasteiger partial charge in [0.25, 0.3) is 0 Å². The number of aromatic nitrogens is 5. The third-order valence-electron chi connectivity index (χ3n) is 7.99. The van der Waals surface area contributed by atoms with E-state index in [9.17, 15) is 41.0 Å². The molecule has 0 aliphatic rings. The summed E-state index contributed by atoms with van der Waals surface area (Å²) in [5.41, 5.74) is -0.370. The van der Waals surface area contributed by atoms with Gasteiger partial charge in [-0.25, -0.2) is 32.2 Å². The molecule has 0 aliphatic heterocycles. The Hall–Kier alpha value is -6.29. The van der Waals surface area contributed by atoms with E-state index in [1.54, 1.807) is 49.5 Å². The minimum absolute atomic E-state index is 0.0738. The Balaban J connectivity index is 0.000000504. The summed E-state index contributed by atoms with van der Waals surface area (Å²) in [6.07, 6.45) is -1.61. The highest BCUT2D eigenvalue weighted by Crippen LogP contribution is 2.32. The van der Waals surface area contributed by atoms with Crippen LogP contribution in [0.2, 0.25) is 0 Å². The lowest BCUT2D eigenvalue weighted by atomic mass is 10.2. The van der Waals surface area contributed by atoms with Crippen LogP contribution in [0.25, 0.3) is 22.8 Å². The number of alkyl halides is 3. The number of hydrogen-bond donors (Lipinski definition) is 1. The van der Waals surface area contributed by atoms with E-state index in [1.165, 1.54) is 54.2 Å². The fraction of sp³-hybridized carbons (Fsp3) is 0.216. The highest BCUT2D eigenvalue weighted by molar-refractivity contribution is 7.85. The Morgan fingerprint density at radius 3 is 2.27 bits per heavy atom. The number of carbonyl (C=O) groups excluding carboxylic acids is 1. The first-order valence-electron chi connectivity index (χ1n) is 16.4. The monoisotopic (exact) mass is 776 g/mol.